The first kappa shape index (κ1) is 16.0. The molecule has 2 heterocycles. The van der Waals surface area contributed by atoms with Crippen LogP contribution in [0.25, 0.3) is 0 Å². The Hall–Kier alpha value is -1.36. The average Bonchev–Trinajstić information content (AvgIpc) is 2.44. The second-order valence-corrected chi connectivity index (χ2v) is 6.43. The summed E-state index contributed by atoms with van der Waals surface area (Å²) >= 11 is 0. The van der Waals surface area contributed by atoms with Gasteiger partial charge in [0.05, 0.1) is 11.9 Å². The fourth-order valence-corrected chi connectivity index (χ4v) is 2.81. The van der Waals surface area contributed by atoms with Crippen molar-refractivity contribution in [3.05, 3.63) is 22.6 Å². The van der Waals surface area contributed by atoms with Crippen LogP contribution in [0.2, 0.25) is 0 Å². The molecule has 1 saturated heterocycles. The van der Waals surface area contributed by atoms with E-state index in [4.69, 9.17) is 0 Å². The van der Waals surface area contributed by atoms with Crippen LogP contribution in [0.1, 0.15) is 40.0 Å². The highest BCUT2D eigenvalue weighted by Gasteiger charge is 2.17. The third-order valence-electron chi connectivity index (χ3n) is 3.98. The van der Waals surface area contributed by atoms with Gasteiger partial charge in [-0.3, -0.25) is 4.79 Å². The van der Waals surface area contributed by atoms with Crippen LogP contribution in [0.4, 0.5) is 5.69 Å². The van der Waals surface area contributed by atoms with Gasteiger partial charge in [0.1, 0.15) is 0 Å². The first-order valence-electron chi connectivity index (χ1n) is 8.12. The number of aryl methyl sites for hydroxylation is 1. The van der Waals surface area contributed by atoms with Crippen molar-refractivity contribution in [1.29, 1.82) is 0 Å². The van der Waals surface area contributed by atoms with Crippen LogP contribution in [-0.2, 0) is 6.54 Å². The lowest BCUT2D eigenvalue weighted by atomic mass is 10.00. The fourth-order valence-electron chi connectivity index (χ4n) is 2.81. The van der Waals surface area contributed by atoms with E-state index in [0.29, 0.717) is 18.5 Å². The van der Waals surface area contributed by atoms with E-state index in [1.54, 1.807) is 10.7 Å². The van der Waals surface area contributed by atoms with Crippen molar-refractivity contribution >= 4 is 5.69 Å². The van der Waals surface area contributed by atoms with Crippen molar-refractivity contribution in [3.63, 3.8) is 0 Å². The summed E-state index contributed by atoms with van der Waals surface area (Å²) < 4.78 is 1.57. The summed E-state index contributed by atoms with van der Waals surface area (Å²) in [5, 5.41) is 7.68. The molecule has 1 aromatic heterocycles. The second-order valence-electron chi connectivity index (χ2n) is 6.43. The Labute approximate surface area is 127 Å². The molecule has 0 radical (unpaired) electrons. The summed E-state index contributed by atoms with van der Waals surface area (Å²) in [5.41, 5.74) is 0.985. The Morgan fingerprint density at radius 3 is 2.95 bits per heavy atom. The number of nitrogens with one attached hydrogen (secondary N) is 1. The summed E-state index contributed by atoms with van der Waals surface area (Å²) in [6.45, 7) is 10.2. The van der Waals surface area contributed by atoms with Gasteiger partial charge >= 0.3 is 0 Å². The lowest BCUT2D eigenvalue weighted by Crippen LogP contribution is -2.36. The van der Waals surface area contributed by atoms with E-state index in [1.807, 2.05) is 6.20 Å². The predicted octanol–water partition coefficient (Wildman–Crippen LogP) is 1.87. The first-order chi connectivity index (χ1) is 10.1. The summed E-state index contributed by atoms with van der Waals surface area (Å²) in [7, 11) is 0. The van der Waals surface area contributed by atoms with Crippen LogP contribution < -0.4 is 15.8 Å². The van der Waals surface area contributed by atoms with Crippen LogP contribution in [-0.4, -0.2) is 35.5 Å². The first-order valence-corrected chi connectivity index (χ1v) is 8.12. The Balaban J connectivity index is 1.92. The predicted molar refractivity (Wildman–Crippen MR) is 86.9 cm³/mol. The fraction of sp³-hybridized carbons (Fsp3) is 0.750. The minimum absolute atomic E-state index is 0.00951. The van der Waals surface area contributed by atoms with E-state index in [2.05, 4.69) is 36.1 Å². The molecule has 0 aromatic carbocycles. The Morgan fingerprint density at radius 1 is 1.48 bits per heavy atom. The Bertz CT molecular complexity index is 497. The molecule has 1 aliphatic heterocycles. The van der Waals surface area contributed by atoms with E-state index < -0.39 is 0 Å². The molecule has 1 fully saturated rings. The van der Waals surface area contributed by atoms with Gasteiger partial charge in [0.2, 0.25) is 0 Å². The number of nitrogens with zero attached hydrogens (tertiary/aromatic N) is 3. The van der Waals surface area contributed by atoms with Crippen molar-refractivity contribution in [2.75, 3.05) is 24.5 Å². The molecule has 118 valence electrons. The SMILES string of the molecule is CC1CCCN(c2cnn(CCCNC(C)C)c(=O)c2)C1. The quantitative estimate of drug-likeness (QED) is 0.813. The van der Waals surface area contributed by atoms with Crippen molar-refractivity contribution in [2.45, 2.75) is 52.6 Å². The summed E-state index contributed by atoms with van der Waals surface area (Å²) in [4.78, 5) is 14.4. The Morgan fingerprint density at radius 2 is 2.29 bits per heavy atom. The van der Waals surface area contributed by atoms with Gasteiger partial charge in [0.15, 0.2) is 0 Å². The number of hydrogen-bond acceptors (Lipinski definition) is 4. The number of rotatable bonds is 6. The monoisotopic (exact) mass is 292 g/mol. The topological polar surface area (TPSA) is 50.2 Å². The molecule has 0 bridgehead atoms. The normalized spacial score (nSPS) is 19.2. The standard InChI is InChI=1S/C16H28N4O/c1-13(2)17-7-5-9-20-16(21)10-15(11-18-20)19-8-4-6-14(3)12-19/h10-11,13-14,17H,4-9,12H2,1-3H3. The molecular formula is C16H28N4O. The molecule has 0 saturated carbocycles. The van der Waals surface area contributed by atoms with Gasteiger partial charge in [-0.1, -0.05) is 20.8 Å². The molecule has 1 aliphatic rings. The number of piperidine rings is 1. The third kappa shape index (κ3) is 4.84. The van der Waals surface area contributed by atoms with Crippen molar-refractivity contribution in [1.82, 2.24) is 15.1 Å². The molecule has 2 rings (SSSR count). The molecule has 1 N–H and O–H groups in total. The molecule has 5 heteroatoms. The lowest BCUT2D eigenvalue weighted by molar-refractivity contribution is 0.444. The van der Waals surface area contributed by atoms with E-state index >= 15 is 0 Å². The highest BCUT2D eigenvalue weighted by atomic mass is 16.1. The third-order valence-corrected chi connectivity index (χ3v) is 3.98. The maximum Gasteiger partial charge on any atom is 0.268 e. The highest BCUT2D eigenvalue weighted by Crippen LogP contribution is 2.20. The van der Waals surface area contributed by atoms with Gasteiger partial charge in [0.25, 0.3) is 5.56 Å². The van der Waals surface area contributed by atoms with Crippen molar-refractivity contribution < 1.29 is 0 Å². The Kier molecular flexibility index (Phi) is 5.79. The van der Waals surface area contributed by atoms with Crippen molar-refractivity contribution in [2.24, 2.45) is 5.92 Å². The van der Waals surface area contributed by atoms with Crippen molar-refractivity contribution in [3.8, 4) is 0 Å². The lowest BCUT2D eigenvalue weighted by Gasteiger charge is -2.32. The van der Waals surface area contributed by atoms with Gasteiger partial charge in [0, 0.05) is 31.7 Å². The summed E-state index contributed by atoms with van der Waals surface area (Å²) in [6, 6.07) is 2.22. The van der Waals surface area contributed by atoms with Crippen LogP contribution in [0.5, 0.6) is 0 Å². The maximum atomic E-state index is 12.1. The summed E-state index contributed by atoms with van der Waals surface area (Å²) in [5.74, 6) is 0.697. The zero-order valence-corrected chi connectivity index (χ0v) is 13.5. The second kappa shape index (κ2) is 7.59. The van der Waals surface area contributed by atoms with Crippen LogP contribution in [0.3, 0.4) is 0 Å². The molecule has 1 unspecified atom stereocenters. The maximum absolute atomic E-state index is 12.1. The zero-order chi connectivity index (χ0) is 15.2. The number of hydrogen-bond donors (Lipinski definition) is 1. The van der Waals surface area contributed by atoms with Gasteiger partial charge in [-0.25, -0.2) is 4.68 Å². The molecule has 1 atom stereocenters. The minimum Gasteiger partial charge on any atom is -0.370 e. The zero-order valence-electron chi connectivity index (χ0n) is 13.5. The smallest absolute Gasteiger partial charge is 0.268 e. The minimum atomic E-state index is 0.00951. The van der Waals surface area contributed by atoms with Gasteiger partial charge in [-0.15, -0.1) is 0 Å². The van der Waals surface area contributed by atoms with Gasteiger partial charge < -0.3 is 10.2 Å². The molecule has 0 aliphatic carbocycles. The van der Waals surface area contributed by atoms with Crippen LogP contribution in [0.15, 0.2) is 17.1 Å². The van der Waals surface area contributed by atoms with Crippen LogP contribution in [0, 0.1) is 5.92 Å². The number of anilines is 1. The van der Waals surface area contributed by atoms with E-state index in [0.717, 1.165) is 31.7 Å². The number of aromatic nitrogens is 2. The van der Waals surface area contributed by atoms with E-state index in [1.165, 1.54) is 12.8 Å². The van der Waals surface area contributed by atoms with Gasteiger partial charge in [-0.05, 0) is 31.7 Å². The molecule has 1 aromatic rings. The van der Waals surface area contributed by atoms with Crippen LogP contribution >= 0.6 is 0 Å². The molecule has 5 nitrogen and oxygen atoms in total. The van der Waals surface area contributed by atoms with Gasteiger partial charge in [-0.2, -0.15) is 5.10 Å². The summed E-state index contributed by atoms with van der Waals surface area (Å²) in [6.07, 6.45) is 5.25. The molecular weight excluding hydrogens is 264 g/mol. The molecule has 0 spiro atoms. The van der Waals surface area contributed by atoms with E-state index in [9.17, 15) is 4.79 Å². The highest BCUT2D eigenvalue weighted by molar-refractivity contribution is 5.43. The van der Waals surface area contributed by atoms with E-state index in [-0.39, 0.29) is 5.56 Å². The largest absolute Gasteiger partial charge is 0.370 e. The molecule has 0 amide bonds. The molecule has 21 heavy (non-hydrogen) atoms. The average molecular weight is 292 g/mol.